The fourth-order valence-electron chi connectivity index (χ4n) is 8.57. The van der Waals surface area contributed by atoms with E-state index in [0.717, 1.165) is 53.9 Å². The Morgan fingerprint density at radius 2 is 1.55 bits per heavy atom. The lowest BCUT2D eigenvalue weighted by molar-refractivity contribution is -0.136. The Bertz CT molecular complexity index is 2560. The summed E-state index contributed by atoms with van der Waals surface area (Å²) in [5, 5.41) is 7.92. The third-order valence-corrected chi connectivity index (χ3v) is 11.9. The summed E-state index contributed by atoms with van der Waals surface area (Å²) in [4.78, 5) is 75.3. The molecule has 0 radical (unpaired) electrons. The monoisotopic (exact) mass is 898 g/mol. The highest BCUT2D eigenvalue weighted by atomic mass is 16.5. The van der Waals surface area contributed by atoms with Gasteiger partial charge in [-0.3, -0.25) is 34.2 Å². The Balaban J connectivity index is 0.687. The van der Waals surface area contributed by atoms with Crippen molar-refractivity contribution in [1.82, 2.24) is 34.9 Å². The van der Waals surface area contributed by atoms with Crippen LogP contribution in [0.4, 0.5) is 5.82 Å². The number of benzene rings is 3. The molecule has 5 aromatic rings. The second kappa shape index (κ2) is 21.9. The number of anilines is 1. The van der Waals surface area contributed by atoms with Crippen molar-refractivity contribution in [3.8, 4) is 22.8 Å². The minimum Gasteiger partial charge on any atom is -0.457 e. The van der Waals surface area contributed by atoms with Crippen LogP contribution >= 0.6 is 0 Å². The molecule has 2 fully saturated rings. The third-order valence-electron chi connectivity index (χ3n) is 11.9. The van der Waals surface area contributed by atoms with Gasteiger partial charge in [0, 0.05) is 38.3 Å². The Hall–Kier alpha value is -6.82. The lowest BCUT2D eigenvalue weighted by Crippen LogP contribution is -2.54. The highest BCUT2D eigenvalue weighted by Crippen LogP contribution is 2.35. The minimum atomic E-state index is -0.992. The van der Waals surface area contributed by atoms with Crippen LogP contribution in [0.15, 0.2) is 91.3 Å². The van der Waals surface area contributed by atoms with E-state index in [9.17, 15) is 24.0 Å². The second-order valence-corrected chi connectivity index (χ2v) is 16.4. The number of amides is 5. The molecule has 3 N–H and O–H groups in total. The summed E-state index contributed by atoms with van der Waals surface area (Å²) in [6, 6.07) is 21.4. The Kier molecular flexibility index (Phi) is 15.2. The van der Waals surface area contributed by atoms with Gasteiger partial charge in [-0.2, -0.15) is 5.10 Å². The van der Waals surface area contributed by atoms with Crippen LogP contribution in [0.5, 0.6) is 11.5 Å². The number of nitrogens with zero attached hydrogens (tertiary/aromatic N) is 6. The molecule has 2 unspecified atom stereocenters. The van der Waals surface area contributed by atoms with Gasteiger partial charge in [0.05, 0.1) is 49.0 Å². The first-order valence-corrected chi connectivity index (χ1v) is 22.6. The summed E-state index contributed by atoms with van der Waals surface area (Å²) in [7, 11) is 0. The number of unbranched alkanes of at least 4 members (excludes halogenated alkanes) is 2. The van der Waals surface area contributed by atoms with E-state index in [1.54, 1.807) is 18.2 Å². The molecular weight excluding hydrogens is 845 g/mol. The molecule has 2 atom stereocenters. The molecule has 344 valence electrons. The number of hydrogen-bond donors (Lipinski definition) is 2. The molecule has 3 aliphatic rings. The number of para-hydroxylation sites is 1. The SMILES string of the molecule is Nc1ncnc2c1c(-c1ccc(Oc3ccccc3)cc1)nn2C1CCCN(C(=O)/C=C/CCCCOCCOCCOCCCc2cccc3c2C(=O)N(C2CCC(=O)NC2=O)C3=O)C1. The number of hydrogen-bond acceptors (Lipinski definition) is 13. The van der Waals surface area contributed by atoms with Crippen molar-refractivity contribution < 1.29 is 42.9 Å². The number of aryl methyl sites for hydroxylation is 1. The van der Waals surface area contributed by atoms with Crippen LogP contribution in [0.2, 0.25) is 0 Å². The summed E-state index contributed by atoms with van der Waals surface area (Å²) in [5.41, 5.74) is 9.90. The molecule has 17 nitrogen and oxygen atoms in total. The van der Waals surface area contributed by atoms with E-state index in [0.29, 0.717) is 99.4 Å². The molecule has 0 saturated carbocycles. The van der Waals surface area contributed by atoms with Gasteiger partial charge >= 0.3 is 0 Å². The predicted molar refractivity (Wildman–Crippen MR) is 243 cm³/mol. The standard InChI is InChI=1S/C49H54N8O9/c50-45-43-44(34-18-20-37(21-19-34)66-36-14-4-3-5-15-36)54-57(46(43)52-32-51-45)35-13-9-24-55(31-35)41(59)17-6-1-2-7-25-63-27-29-65-30-28-64-26-10-12-33-11-8-16-38-42(33)49(62)56(48(38)61)39-22-23-40(58)53-47(39)60/h3-6,8,11,14-21,32,35,39H,1-2,7,9-10,12-13,22-31H2,(H2,50,51,52)(H,53,58,60)/b17-6+. The summed E-state index contributed by atoms with van der Waals surface area (Å²) < 4.78 is 25.0. The number of carbonyl (C=O) groups is 5. The number of likely N-dealkylation sites (tertiary alicyclic amines) is 1. The molecule has 5 amide bonds. The number of aromatic nitrogens is 4. The van der Waals surface area contributed by atoms with E-state index < -0.39 is 29.7 Å². The molecule has 0 aliphatic carbocycles. The molecule has 3 aliphatic heterocycles. The van der Waals surface area contributed by atoms with E-state index in [4.69, 9.17) is 29.8 Å². The first-order chi connectivity index (χ1) is 32.3. The molecule has 8 rings (SSSR count). The zero-order valence-corrected chi connectivity index (χ0v) is 36.8. The topological polar surface area (TPSA) is 210 Å². The van der Waals surface area contributed by atoms with E-state index in [2.05, 4.69) is 15.3 Å². The molecule has 5 heterocycles. The number of nitrogens with one attached hydrogen (secondary N) is 1. The van der Waals surface area contributed by atoms with Crippen molar-refractivity contribution in [2.75, 3.05) is 58.5 Å². The summed E-state index contributed by atoms with van der Waals surface area (Å²) >= 11 is 0. The number of carbonyl (C=O) groups excluding carboxylic acids is 5. The molecular formula is C49H54N8O9. The van der Waals surface area contributed by atoms with Crippen LogP contribution in [0.3, 0.4) is 0 Å². The van der Waals surface area contributed by atoms with Crippen LogP contribution in [0, 0.1) is 0 Å². The smallest absolute Gasteiger partial charge is 0.262 e. The van der Waals surface area contributed by atoms with Crippen molar-refractivity contribution in [2.24, 2.45) is 0 Å². The van der Waals surface area contributed by atoms with Gasteiger partial charge in [0.1, 0.15) is 35.4 Å². The number of ether oxygens (including phenoxy) is 4. The van der Waals surface area contributed by atoms with Crippen molar-refractivity contribution in [3.63, 3.8) is 0 Å². The third kappa shape index (κ3) is 10.8. The van der Waals surface area contributed by atoms with Gasteiger partial charge in [-0.15, -0.1) is 0 Å². The first kappa shape index (κ1) is 45.7. The Morgan fingerprint density at radius 3 is 2.32 bits per heavy atom. The number of allylic oxidation sites excluding steroid dienone is 1. The molecule has 0 spiro atoms. The zero-order valence-electron chi connectivity index (χ0n) is 36.8. The van der Waals surface area contributed by atoms with Crippen molar-refractivity contribution in [3.05, 3.63) is 108 Å². The maximum atomic E-state index is 13.3. The van der Waals surface area contributed by atoms with Gasteiger partial charge in [0.2, 0.25) is 17.7 Å². The van der Waals surface area contributed by atoms with Crippen LogP contribution in [0.1, 0.15) is 83.7 Å². The summed E-state index contributed by atoms with van der Waals surface area (Å²) in [5.74, 6) is -0.268. The predicted octanol–water partition coefficient (Wildman–Crippen LogP) is 5.84. The molecule has 2 saturated heterocycles. The summed E-state index contributed by atoms with van der Waals surface area (Å²) in [6.07, 6.45) is 10.6. The average molecular weight is 899 g/mol. The van der Waals surface area contributed by atoms with Gasteiger partial charge in [-0.25, -0.2) is 14.6 Å². The highest BCUT2D eigenvalue weighted by Gasteiger charge is 2.45. The largest absolute Gasteiger partial charge is 0.457 e. The van der Waals surface area contributed by atoms with Crippen molar-refractivity contribution in [2.45, 2.75) is 69.9 Å². The number of piperidine rings is 2. The lowest BCUT2D eigenvalue weighted by atomic mass is 9.99. The van der Waals surface area contributed by atoms with Crippen LogP contribution in [-0.2, 0) is 35.0 Å². The molecule has 3 aromatic carbocycles. The maximum Gasteiger partial charge on any atom is 0.262 e. The fourth-order valence-corrected chi connectivity index (χ4v) is 8.57. The average Bonchev–Trinajstić information content (AvgIpc) is 3.85. The Morgan fingerprint density at radius 1 is 0.803 bits per heavy atom. The molecule has 66 heavy (non-hydrogen) atoms. The maximum absolute atomic E-state index is 13.3. The van der Waals surface area contributed by atoms with Crippen molar-refractivity contribution in [1.29, 1.82) is 0 Å². The number of fused-ring (bicyclic) bond motifs is 2. The first-order valence-electron chi connectivity index (χ1n) is 22.6. The number of imide groups is 2. The molecule has 2 aromatic heterocycles. The Labute approximate surface area is 382 Å². The normalized spacial score (nSPS) is 17.5. The molecule has 17 heteroatoms. The number of nitrogens with two attached hydrogens (primary N) is 1. The van der Waals surface area contributed by atoms with Crippen molar-refractivity contribution >= 4 is 46.4 Å². The van der Waals surface area contributed by atoms with Gasteiger partial charge < -0.3 is 29.6 Å². The number of nitrogen functional groups attached to an aromatic ring is 1. The minimum absolute atomic E-state index is 0.0227. The number of rotatable bonds is 21. The van der Waals surface area contributed by atoms with E-state index >= 15 is 0 Å². The lowest BCUT2D eigenvalue weighted by Gasteiger charge is -2.32. The van der Waals surface area contributed by atoms with Crippen LogP contribution in [-0.4, -0.2) is 118 Å². The van der Waals surface area contributed by atoms with Gasteiger partial charge in [0.25, 0.3) is 11.8 Å². The fraction of sp³-hybridized carbons (Fsp3) is 0.388. The van der Waals surface area contributed by atoms with E-state index in [1.807, 2.05) is 76.3 Å². The summed E-state index contributed by atoms with van der Waals surface area (Å²) in [6.45, 7) is 3.95. The van der Waals surface area contributed by atoms with E-state index in [-0.39, 0.29) is 30.4 Å². The van der Waals surface area contributed by atoms with Crippen LogP contribution < -0.4 is 15.8 Å². The molecule has 0 bridgehead atoms. The quantitative estimate of drug-likeness (QED) is 0.0504. The highest BCUT2D eigenvalue weighted by molar-refractivity contribution is 6.24. The second-order valence-electron chi connectivity index (χ2n) is 16.4. The van der Waals surface area contributed by atoms with Gasteiger partial charge in [-0.1, -0.05) is 36.4 Å². The zero-order chi connectivity index (χ0) is 45.8. The van der Waals surface area contributed by atoms with Gasteiger partial charge in [-0.05, 0) is 105 Å². The van der Waals surface area contributed by atoms with E-state index in [1.165, 1.54) is 6.33 Å². The van der Waals surface area contributed by atoms with Crippen LogP contribution in [0.25, 0.3) is 22.3 Å². The van der Waals surface area contributed by atoms with Gasteiger partial charge in [0.15, 0.2) is 5.65 Å².